The van der Waals surface area contributed by atoms with Gasteiger partial charge in [0.05, 0.1) is 6.10 Å². The second kappa shape index (κ2) is 8.63. The summed E-state index contributed by atoms with van der Waals surface area (Å²) >= 11 is 0.982. The van der Waals surface area contributed by atoms with Gasteiger partial charge >= 0.3 is 18.1 Å². The van der Waals surface area contributed by atoms with Crippen LogP contribution in [0.15, 0.2) is 34.2 Å². The van der Waals surface area contributed by atoms with Crippen LogP contribution in [0, 0.1) is 0 Å². The Labute approximate surface area is 162 Å². The Bertz CT molecular complexity index is 850. The van der Waals surface area contributed by atoms with Crippen molar-refractivity contribution in [3.63, 3.8) is 0 Å². The van der Waals surface area contributed by atoms with Gasteiger partial charge in [0.25, 0.3) is 0 Å². The Kier molecular flexibility index (Phi) is 6.22. The van der Waals surface area contributed by atoms with Crippen LogP contribution in [0.1, 0.15) is 42.6 Å². The van der Waals surface area contributed by atoms with E-state index in [2.05, 4.69) is 20.1 Å². The highest BCUT2D eigenvalue weighted by molar-refractivity contribution is 7.99. The molecule has 0 atom stereocenters. The summed E-state index contributed by atoms with van der Waals surface area (Å²) in [4.78, 5) is 23.3. The molecule has 150 valence electrons. The molecule has 3 rings (SSSR count). The van der Waals surface area contributed by atoms with Crippen LogP contribution in [0.25, 0.3) is 0 Å². The first-order valence-corrected chi connectivity index (χ1v) is 9.33. The number of nitrogens with one attached hydrogen (secondary N) is 1. The maximum Gasteiger partial charge on any atom is 0.491 e. The lowest BCUT2D eigenvalue weighted by Crippen LogP contribution is -2.28. The lowest BCUT2D eigenvalue weighted by atomic mass is 9.98. The van der Waals surface area contributed by atoms with Crippen LogP contribution >= 0.6 is 11.8 Å². The predicted molar refractivity (Wildman–Crippen MR) is 90.9 cm³/mol. The first-order chi connectivity index (χ1) is 13.3. The molecular weight excluding hydrogens is 399 g/mol. The summed E-state index contributed by atoms with van der Waals surface area (Å²) in [5, 5.41) is 9.35. The number of hydrogen-bond donors (Lipinski definition) is 1. The average molecular weight is 415 g/mol. The van der Waals surface area contributed by atoms with Crippen LogP contribution in [-0.2, 0) is 9.53 Å². The first-order valence-electron chi connectivity index (χ1n) is 8.51. The zero-order valence-electron chi connectivity index (χ0n) is 14.5. The summed E-state index contributed by atoms with van der Waals surface area (Å²) in [6, 6.07) is 7.03. The van der Waals surface area contributed by atoms with Gasteiger partial charge in [-0.05, 0) is 43.9 Å². The number of H-pyrrole nitrogens is 1. The van der Waals surface area contributed by atoms with E-state index in [9.17, 15) is 22.8 Å². The molecular formula is C17H16F3N3O4S. The molecule has 11 heteroatoms. The first kappa shape index (κ1) is 20.2. The minimum atomic E-state index is -5.28. The minimum absolute atomic E-state index is 0.0187. The molecule has 1 aromatic heterocycles. The highest BCUT2D eigenvalue weighted by Crippen LogP contribution is 2.32. The van der Waals surface area contributed by atoms with Crippen molar-refractivity contribution in [1.82, 2.24) is 15.4 Å². The lowest BCUT2D eigenvalue weighted by molar-refractivity contribution is -0.193. The van der Waals surface area contributed by atoms with Crippen LogP contribution < -0.4 is 4.74 Å². The predicted octanol–water partition coefficient (Wildman–Crippen LogP) is 3.91. The number of nitrogens with zero attached hydrogens (tertiary/aromatic N) is 2. The Morgan fingerprint density at radius 3 is 2.61 bits per heavy atom. The van der Waals surface area contributed by atoms with Crippen molar-refractivity contribution in [2.45, 2.75) is 54.3 Å². The van der Waals surface area contributed by atoms with Gasteiger partial charge in [0.2, 0.25) is 5.69 Å². The normalized spacial score (nSPS) is 15.2. The number of carbonyl (C=O) groups is 2. The molecule has 28 heavy (non-hydrogen) atoms. The Hall–Kier alpha value is -2.56. The third kappa shape index (κ3) is 5.24. The summed E-state index contributed by atoms with van der Waals surface area (Å²) in [5.41, 5.74) is -0.513. The van der Waals surface area contributed by atoms with Gasteiger partial charge in [-0.2, -0.15) is 18.4 Å². The summed E-state index contributed by atoms with van der Waals surface area (Å²) in [6.07, 6.45) is 0.309. The van der Waals surface area contributed by atoms with Crippen LogP contribution in [0.2, 0.25) is 0 Å². The van der Waals surface area contributed by atoms with Gasteiger partial charge in [0, 0.05) is 4.90 Å². The standard InChI is InChI=1S/C17H16F3N3O4S/c18-17(19,20)16(25)27-15(24)13-14(22-23-21-13)28-12-8-4-7-11(9-12)26-10-5-2-1-3-6-10/h4,7-10H,1-3,5-6H2,(H,21,22,23). The molecule has 0 unspecified atom stereocenters. The fourth-order valence-electron chi connectivity index (χ4n) is 2.71. The molecule has 1 aliphatic rings. The zero-order valence-corrected chi connectivity index (χ0v) is 15.3. The maximum absolute atomic E-state index is 12.2. The number of aromatic amines is 1. The number of esters is 2. The van der Waals surface area contributed by atoms with E-state index >= 15 is 0 Å². The number of carbonyl (C=O) groups excluding carboxylic acids is 2. The summed E-state index contributed by atoms with van der Waals surface area (Å²) < 4.78 is 46.5. The third-order valence-electron chi connectivity index (χ3n) is 4.00. The number of ether oxygens (including phenoxy) is 2. The molecule has 0 bridgehead atoms. The largest absolute Gasteiger partial charge is 0.491 e. The highest BCUT2D eigenvalue weighted by Gasteiger charge is 2.43. The van der Waals surface area contributed by atoms with Gasteiger partial charge in [-0.3, -0.25) is 0 Å². The van der Waals surface area contributed by atoms with E-state index in [1.807, 2.05) is 0 Å². The fraction of sp³-hybridized carbons (Fsp3) is 0.412. The monoisotopic (exact) mass is 415 g/mol. The van der Waals surface area contributed by atoms with E-state index in [0.717, 1.165) is 37.4 Å². The average Bonchev–Trinajstić information content (AvgIpc) is 3.10. The van der Waals surface area contributed by atoms with Crippen LogP contribution in [-0.4, -0.2) is 39.6 Å². The number of rotatable bonds is 5. The van der Waals surface area contributed by atoms with Gasteiger partial charge in [-0.1, -0.05) is 24.2 Å². The minimum Gasteiger partial charge on any atom is -0.490 e. The van der Waals surface area contributed by atoms with Crippen LogP contribution in [0.4, 0.5) is 13.2 Å². The molecule has 2 aromatic rings. The van der Waals surface area contributed by atoms with E-state index in [-0.39, 0.29) is 11.1 Å². The molecule has 0 amide bonds. The number of halogens is 3. The maximum atomic E-state index is 12.2. The molecule has 7 nitrogen and oxygen atoms in total. The fourth-order valence-corrected chi connectivity index (χ4v) is 3.57. The highest BCUT2D eigenvalue weighted by atomic mass is 32.2. The molecule has 0 radical (unpaired) electrons. The topological polar surface area (TPSA) is 94.2 Å². The van der Waals surface area contributed by atoms with Crippen molar-refractivity contribution >= 4 is 23.7 Å². The second-order valence-corrected chi connectivity index (χ2v) is 7.17. The van der Waals surface area contributed by atoms with Crippen molar-refractivity contribution in [2.24, 2.45) is 0 Å². The molecule has 1 aliphatic carbocycles. The van der Waals surface area contributed by atoms with E-state index in [1.165, 1.54) is 6.42 Å². The molecule has 1 aromatic carbocycles. The molecule has 1 heterocycles. The lowest BCUT2D eigenvalue weighted by Gasteiger charge is -2.23. The molecule has 1 fully saturated rings. The zero-order chi connectivity index (χ0) is 20.1. The SMILES string of the molecule is O=C(OC(=O)C(F)(F)F)c1n[nH]nc1Sc1cccc(OC2CCCCC2)c1. The summed E-state index contributed by atoms with van der Waals surface area (Å²) in [6.45, 7) is 0. The van der Waals surface area contributed by atoms with E-state index in [4.69, 9.17) is 4.74 Å². The smallest absolute Gasteiger partial charge is 0.490 e. The number of alkyl halides is 3. The van der Waals surface area contributed by atoms with Gasteiger partial charge in [0.1, 0.15) is 5.75 Å². The van der Waals surface area contributed by atoms with Crippen LogP contribution in [0.3, 0.4) is 0 Å². The third-order valence-corrected chi connectivity index (χ3v) is 4.97. The quantitative estimate of drug-likeness (QED) is 0.584. The van der Waals surface area contributed by atoms with Crippen molar-refractivity contribution in [2.75, 3.05) is 0 Å². The van der Waals surface area contributed by atoms with Gasteiger partial charge in [0.15, 0.2) is 5.03 Å². The van der Waals surface area contributed by atoms with Crippen molar-refractivity contribution in [1.29, 1.82) is 0 Å². The molecule has 0 aliphatic heterocycles. The van der Waals surface area contributed by atoms with E-state index in [0.29, 0.717) is 10.6 Å². The van der Waals surface area contributed by atoms with Crippen molar-refractivity contribution in [3.05, 3.63) is 30.0 Å². The summed E-state index contributed by atoms with van der Waals surface area (Å²) in [5.74, 6) is -3.50. The van der Waals surface area contributed by atoms with Crippen LogP contribution in [0.5, 0.6) is 5.75 Å². The number of benzene rings is 1. The Balaban J connectivity index is 1.68. The Morgan fingerprint density at radius 1 is 1.14 bits per heavy atom. The summed E-state index contributed by atoms with van der Waals surface area (Å²) in [7, 11) is 0. The van der Waals surface area contributed by atoms with Gasteiger partial charge in [-0.25, -0.2) is 9.59 Å². The number of aromatic nitrogens is 3. The van der Waals surface area contributed by atoms with E-state index in [1.54, 1.807) is 24.3 Å². The van der Waals surface area contributed by atoms with E-state index < -0.39 is 23.8 Å². The molecule has 1 saturated carbocycles. The number of hydrogen-bond acceptors (Lipinski definition) is 7. The van der Waals surface area contributed by atoms with Gasteiger partial charge < -0.3 is 9.47 Å². The molecule has 0 saturated heterocycles. The van der Waals surface area contributed by atoms with Crippen molar-refractivity contribution in [3.8, 4) is 5.75 Å². The second-order valence-electron chi connectivity index (χ2n) is 6.11. The van der Waals surface area contributed by atoms with Gasteiger partial charge in [-0.15, -0.1) is 10.2 Å². The molecule has 1 N–H and O–H groups in total. The molecule has 0 spiro atoms. The van der Waals surface area contributed by atoms with Crippen molar-refractivity contribution < 1.29 is 32.2 Å². The Morgan fingerprint density at radius 2 is 1.89 bits per heavy atom.